The van der Waals surface area contributed by atoms with Crippen molar-refractivity contribution in [3.63, 3.8) is 0 Å². The quantitative estimate of drug-likeness (QED) is 0.233. The number of benzene rings is 1. The van der Waals surface area contributed by atoms with Crippen molar-refractivity contribution < 1.29 is 20.4 Å². The summed E-state index contributed by atoms with van der Waals surface area (Å²) < 4.78 is 0. The van der Waals surface area contributed by atoms with E-state index < -0.39 is 0 Å². The molecule has 0 amide bonds. The van der Waals surface area contributed by atoms with Crippen molar-refractivity contribution >= 4 is 11.6 Å². The second kappa shape index (κ2) is 6.09. The maximum atomic E-state index is 11.5. The molecule has 1 aromatic carbocycles. The zero-order chi connectivity index (χ0) is 12.0. The summed E-state index contributed by atoms with van der Waals surface area (Å²) in [4.78, 5) is 23.0. The molecule has 0 spiro atoms. The highest BCUT2D eigenvalue weighted by Gasteiger charge is 2.11. The topological polar surface area (TPSA) is 119 Å². The number of carbonyl (C=O) groups is 2. The van der Waals surface area contributed by atoms with Crippen molar-refractivity contribution in [3.05, 3.63) is 35.4 Å². The number of hydrogen-bond donors (Lipinski definition) is 4. The minimum atomic E-state index is -0.103. The molecule has 0 atom stereocenters. The smallest absolute Gasteiger partial charge is 0.218 e. The van der Waals surface area contributed by atoms with Gasteiger partial charge in [-0.05, 0) is 6.07 Å². The molecule has 0 aliphatic heterocycles. The van der Waals surface area contributed by atoms with Crippen LogP contribution in [0.15, 0.2) is 24.3 Å². The average molecular weight is 224 g/mol. The zero-order valence-electron chi connectivity index (χ0n) is 8.85. The highest BCUT2D eigenvalue weighted by Crippen LogP contribution is 2.05. The Kier molecular flexibility index (Phi) is 4.74. The maximum Gasteiger partial charge on any atom is 0.218 e. The first kappa shape index (κ1) is 12.5. The van der Waals surface area contributed by atoms with Gasteiger partial charge in [-0.3, -0.25) is 20.4 Å². The van der Waals surface area contributed by atoms with Crippen LogP contribution in [0, 0.1) is 0 Å². The van der Waals surface area contributed by atoms with Gasteiger partial charge in [0.2, 0.25) is 11.6 Å². The molecule has 0 saturated heterocycles. The molecule has 8 N–H and O–H groups in total. The van der Waals surface area contributed by atoms with Gasteiger partial charge in [0, 0.05) is 11.1 Å². The van der Waals surface area contributed by atoms with Crippen LogP contribution in [0.4, 0.5) is 0 Å². The van der Waals surface area contributed by atoms with E-state index in [1.165, 1.54) is 10.9 Å². The van der Waals surface area contributed by atoms with Crippen molar-refractivity contribution in [1.82, 2.24) is 0 Å². The minimum Gasteiger partial charge on any atom is -0.288 e. The summed E-state index contributed by atoms with van der Waals surface area (Å²) in [6.45, 7) is 0.335. The predicted octanol–water partition coefficient (Wildman–Crippen LogP) is -3.07. The summed E-state index contributed by atoms with van der Waals surface area (Å²) >= 11 is 0. The number of ketones is 2. The van der Waals surface area contributed by atoms with Gasteiger partial charge in [0.05, 0.1) is 0 Å². The zero-order valence-corrected chi connectivity index (χ0v) is 8.85. The SMILES string of the molecule is N[NH2+]CC(=O)c1cccc(C(=O)C[NH2+]N)c1. The van der Waals surface area contributed by atoms with E-state index in [4.69, 9.17) is 11.7 Å². The number of rotatable bonds is 6. The van der Waals surface area contributed by atoms with Crippen LogP contribution in [-0.4, -0.2) is 24.7 Å². The Morgan fingerprint density at radius 1 is 1.00 bits per heavy atom. The lowest BCUT2D eigenvalue weighted by molar-refractivity contribution is -0.655. The van der Waals surface area contributed by atoms with E-state index in [-0.39, 0.29) is 24.7 Å². The number of Topliss-reactive ketones (excluding diaryl/α,β-unsaturated/α-hetero) is 2. The number of hydrogen-bond acceptors (Lipinski definition) is 4. The molecular weight excluding hydrogens is 208 g/mol. The first-order chi connectivity index (χ1) is 7.69. The van der Waals surface area contributed by atoms with Gasteiger partial charge in [-0.1, -0.05) is 18.2 Å². The van der Waals surface area contributed by atoms with E-state index in [0.717, 1.165) is 0 Å². The van der Waals surface area contributed by atoms with Gasteiger partial charge in [0.25, 0.3) is 0 Å². The van der Waals surface area contributed by atoms with Gasteiger partial charge in [0.1, 0.15) is 0 Å². The van der Waals surface area contributed by atoms with Crippen LogP contribution in [0.2, 0.25) is 0 Å². The summed E-state index contributed by atoms with van der Waals surface area (Å²) in [6, 6.07) is 6.56. The molecule has 0 aromatic heterocycles. The molecule has 0 radical (unpaired) electrons. The second-order valence-electron chi connectivity index (χ2n) is 3.31. The van der Waals surface area contributed by atoms with Gasteiger partial charge in [0.15, 0.2) is 13.1 Å². The summed E-state index contributed by atoms with van der Waals surface area (Å²) in [5.41, 5.74) is 3.57. The monoisotopic (exact) mass is 224 g/mol. The van der Waals surface area contributed by atoms with Crippen molar-refractivity contribution in [2.24, 2.45) is 11.7 Å². The van der Waals surface area contributed by atoms with Crippen LogP contribution in [0.25, 0.3) is 0 Å². The summed E-state index contributed by atoms with van der Waals surface area (Å²) in [6.07, 6.45) is 0. The standard InChI is InChI=1S/C10H14N4O2/c11-13-5-9(15)7-2-1-3-8(4-7)10(16)6-14-12/h1-4,13-14H,5-6,11-12H2/p+2. The van der Waals surface area contributed by atoms with Gasteiger partial charge in [-0.25, -0.2) is 0 Å². The van der Waals surface area contributed by atoms with Crippen LogP contribution in [0.3, 0.4) is 0 Å². The van der Waals surface area contributed by atoms with Crippen molar-refractivity contribution in [2.45, 2.75) is 0 Å². The molecule has 0 saturated carbocycles. The van der Waals surface area contributed by atoms with Crippen LogP contribution < -0.4 is 22.5 Å². The van der Waals surface area contributed by atoms with Crippen LogP contribution in [0.5, 0.6) is 0 Å². The van der Waals surface area contributed by atoms with Crippen molar-refractivity contribution in [2.75, 3.05) is 13.1 Å². The van der Waals surface area contributed by atoms with Crippen molar-refractivity contribution in [3.8, 4) is 0 Å². The fourth-order valence-electron chi connectivity index (χ4n) is 1.32. The van der Waals surface area contributed by atoms with Gasteiger partial charge >= 0.3 is 0 Å². The van der Waals surface area contributed by atoms with E-state index in [0.29, 0.717) is 11.1 Å². The molecule has 16 heavy (non-hydrogen) atoms. The fraction of sp³-hybridized carbons (Fsp3) is 0.200. The Balaban J connectivity index is 2.86. The normalized spacial score (nSPS) is 10.1. The fourth-order valence-corrected chi connectivity index (χ4v) is 1.32. The van der Waals surface area contributed by atoms with Crippen LogP contribution >= 0.6 is 0 Å². The third-order valence-corrected chi connectivity index (χ3v) is 2.11. The Morgan fingerprint density at radius 3 is 1.81 bits per heavy atom. The molecule has 1 rings (SSSR count). The number of carbonyl (C=O) groups excluding carboxylic acids is 2. The van der Waals surface area contributed by atoms with Gasteiger partial charge in [-0.2, -0.15) is 11.7 Å². The Bertz CT molecular complexity index is 359. The Labute approximate surface area is 92.9 Å². The largest absolute Gasteiger partial charge is 0.288 e. The van der Waals surface area contributed by atoms with E-state index in [9.17, 15) is 9.59 Å². The first-order valence-electron chi connectivity index (χ1n) is 4.92. The van der Waals surface area contributed by atoms with E-state index in [1.807, 2.05) is 0 Å². The molecule has 6 nitrogen and oxygen atoms in total. The molecule has 0 aliphatic rings. The second-order valence-corrected chi connectivity index (χ2v) is 3.31. The average Bonchev–Trinajstić information content (AvgIpc) is 2.30. The molecule has 86 valence electrons. The highest BCUT2D eigenvalue weighted by molar-refractivity contribution is 6.02. The molecule has 1 aromatic rings. The van der Waals surface area contributed by atoms with Crippen LogP contribution in [-0.2, 0) is 0 Å². The first-order valence-corrected chi connectivity index (χ1v) is 4.92. The van der Waals surface area contributed by atoms with E-state index in [1.54, 1.807) is 24.3 Å². The maximum absolute atomic E-state index is 11.5. The lowest BCUT2D eigenvalue weighted by Crippen LogP contribution is -2.92. The lowest BCUT2D eigenvalue weighted by Gasteiger charge is -2.01. The molecule has 0 heterocycles. The molecule has 0 bridgehead atoms. The minimum absolute atomic E-state index is 0.103. The molecular formula is C10H16N4O2+2. The molecule has 0 unspecified atom stereocenters. The third-order valence-electron chi connectivity index (χ3n) is 2.11. The van der Waals surface area contributed by atoms with Gasteiger partial charge < -0.3 is 0 Å². The Hall–Kier alpha value is -1.60. The molecule has 0 fully saturated rings. The summed E-state index contributed by atoms with van der Waals surface area (Å²) in [5.74, 6) is 10.2. The predicted molar refractivity (Wildman–Crippen MR) is 57.1 cm³/mol. The lowest BCUT2D eigenvalue weighted by atomic mass is 10.0. The third kappa shape index (κ3) is 3.21. The summed E-state index contributed by atoms with van der Waals surface area (Å²) in [5, 5.41) is 0. The van der Waals surface area contributed by atoms with Crippen molar-refractivity contribution in [1.29, 1.82) is 0 Å². The molecule has 6 heteroatoms. The summed E-state index contributed by atoms with van der Waals surface area (Å²) in [7, 11) is 0. The van der Waals surface area contributed by atoms with E-state index in [2.05, 4.69) is 0 Å². The van der Waals surface area contributed by atoms with Gasteiger partial charge in [-0.15, -0.1) is 0 Å². The highest BCUT2D eigenvalue weighted by atomic mass is 16.1. The Morgan fingerprint density at radius 2 is 1.44 bits per heavy atom. The van der Waals surface area contributed by atoms with Crippen LogP contribution in [0.1, 0.15) is 20.7 Å². The number of quaternary nitrogens is 2. The van der Waals surface area contributed by atoms with E-state index >= 15 is 0 Å². The molecule has 0 aliphatic carbocycles. The number of nitrogens with two attached hydrogens (primary N) is 4.